The molecule has 0 saturated carbocycles. The van der Waals surface area contributed by atoms with Crippen molar-refractivity contribution in [2.75, 3.05) is 26.7 Å². The standard InChI is InChI=1S/C13H30N2/c1-7-9-14-12(13(3,4)5)11-15(6)10-8-2/h12,14H,7-11H2,1-6H3. The molecule has 15 heavy (non-hydrogen) atoms. The molecule has 0 aliphatic heterocycles. The Hall–Kier alpha value is -0.0800. The lowest BCUT2D eigenvalue weighted by Crippen LogP contribution is -2.48. The molecule has 0 aliphatic rings. The zero-order chi connectivity index (χ0) is 11.9. The molecule has 0 amide bonds. The van der Waals surface area contributed by atoms with Crippen molar-refractivity contribution in [3.05, 3.63) is 0 Å². The SMILES string of the molecule is CCCNC(CN(C)CCC)C(C)(C)C. The summed E-state index contributed by atoms with van der Waals surface area (Å²) in [5.74, 6) is 0. The summed E-state index contributed by atoms with van der Waals surface area (Å²) in [5, 5.41) is 3.66. The molecular formula is C13H30N2. The first kappa shape index (κ1) is 14.9. The van der Waals surface area contributed by atoms with E-state index in [1.54, 1.807) is 0 Å². The molecule has 1 N–H and O–H groups in total. The normalized spacial score (nSPS) is 14.6. The van der Waals surface area contributed by atoms with Crippen LogP contribution in [0.5, 0.6) is 0 Å². The number of rotatable bonds is 7. The van der Waals surface area contributed by atoms with E-state index in [4.69, 9.17) is 0 Å². The fourth-order valence-corrected chi connectivity index (χ4v) is 1.75. The number of likely N-dealkylation sites (N-methyl/N-ethyl adjacent to an activating group) is 1. The Balaban J connectivity index is 4.12. The highest BCUT2D eigenvalue weighted by Crippen LogP contribution is 2.19. The van der Waals surface area contributed by atoms with E-state index in [0.717, 1.165) is 13.1 Å². The molecular weight excluding hydrogens is 184 g/mol. The molecule has 1 unspecified atom stereocenters. The third-order valence-corrected chi connectivity index (χ3v) is 2.79. The third-order valence-electron chi connectivity index (χ3n) is 2.79. The Kier molecular flexibility index (Phi) is 7.20. The van der Waals surface area contributed by atoms with E-state index in [-0.39, 0.29) is 0 Å². The van der Waals surface area contributed by atoms with Crippen molar-refractivity contribution < 1.29 is 0 Å². The summed E-state index contributed by atoms with van der Waals surface area (Å²) in [6.45, 7) is 14.9. The molecule has 0 fully saturated rings. The van der Waals surface area contributed by atoms with Gasteiger partial charge in [-0.15, -0.1) is 0 Å². The minimum absolute atomic E-state index is 0.344. The molecule has 0 aromatic heterocycles. The molecule has 92 valence electrons. The van der Waals surface area contributed by atoms with Gasteiger partial charge in [-0.1, -0.05) is 34.6 Å². The average molecular weight is 214 g/mol. The van der Waals surface area contributed by atoms with Crippen LogP contribution in [0.15, 0.2) is 0 Å². The smallest absolute Gasteiger partial charge is 0.0243 e. The molecule has 0 rings (SSSR count). The van der Waals surface area contributed by atoms with Gasteiger partial charge in [0, 0.05) is 12.6 Å². The number of nitrogens with zero attached hydrogens (tertiary/aromatic N) is 1. The summed E-state index contributed by atoms with van der Waals surface area (Å²) in [7, 11) is 2.22. The van der Waals surface area contributed by atoms with Crippen molar-refractivity contribution in [2.24, 2.45) is 5.41 Å². The van der Waals surface area contributed by atoms with Gasteiger partial charge in [0.2, 0.25) is 0 Å². The van der Waals surface area contributed by atoms with Crippen LogP contribution in [0, 0.1) is 5.41 Å². The van der Waals surface area contributed by atoms with Crippen molar-refractivity contribution in [2.45, 2.75) is 53.5 Å². The van der Waals surface area contributed by atoms with Crippen LogP contribution in [0.1, 0.15) is 47.5 Å². The fraction of sp³-hybridized carbons (Fsp3) is 1.00. The molecule has 0 aliphatic carbocycles. The van der Waals surface area contributed by atoms with E-state index >= 15 is 0 Å². The van der Waals surface area contributed by atoms with Crippen LogP contribution in [0.2, 0.25) is 0 Å². The first-order valence-corrected chi connectivity index (χ1v) is 6.33. The van der Waals surface area contributed by atoms with Crippen LogP contribution >= 0.6 is 0 Å². The van der Waals surface area contributed by atoms with Crippen molar-refractivity contribution in [3.8, 4) is 0 Å². The molecule has 0 saturated heterocycles. The summed E-state index contributed by atoms with van der Waals surface area (Å²) in [6.07, 6.45) is 2.45. The minimum atomic E-state index is 0.344. The van der Waals surface area contributed by atoms with Crippen molar-refractivity contribution >= 4 is 0 Å². The molecule has 0 heterocycles. The molecule has 0 aromatic rings. The highest BCUT2D eigenvalue weighted by atomic mass is 15.1. The van der Waals surface area contributed by atoms with Crippen LogP contribution < -0.4 is 5.32 Å². The van der Waals surface area contributed by atoms with Gasteiger partial charge in [0.25, 0.3) is 0 Å². The topological polar surface area (TPSA) is 15.3 Å². The predicted molar refractivity (Wildman–Crippen MR) is 69.3 cm³/mol. The van der Waals surface area contributed by atoms with Gasteiger partial charge in [0.15, 0.2) is 0 Å². The highest BCUT2D eigenvalue weighted by Gasteiger charge is 2.24. The van der Waals surface area contributed by atoms with E-state index in [1.165, 1.54) is 19.4 Å². The summed E-state index contributed by atoms with van der Waals surface area (Å²) < 4.78 is 0. The second kappa shape index (κ2) is 7.24. The molecule has 2 heteroatoms. The van der Waals surface area contributed by atoms with Gasteiger partial charge in [0.1, 0.15) is 0 Å². The number of hydrogen-bond acceptors (Lipinski definition) is 2. The van der Waals surface area contributed by atoms with Crippen LogP contribution in [-0.4, -0.2) is 37.6 Å². The zero-order valence-electron chi connectivity index (χ0n) is 11.6. The Morgan fingerprint density at radius 1 is 1.13 bits per heavy atom. The fourth-order valence-electron chi connectivity index (χ4n) is 1.75. The predicted octanol–water partition coefficient (Wildman–Crippen LogP) is 2.74. The number of nitrogens with one attached hydrogen (secondary N) is 1. The average Bonchev–Trinajstić information content (AvgIpc) is 2.10. The maximum atomic E-state index is 3.66. The summed E-state index contributed by atoms with van der Waals surface area (Å²) in [5.41, 5.74) is 0.344. The summed E-state index contributed by atoms with van der Waals surface area (Å²) >= 11 is 0. The lowest BCUT2D eigenvalue weighted by molar-refractivity contribution is 0.195. The van der Waals surface area contributed by atoms with Gasteiger partial charge in [-0.05, 0) is 38.4 Å². The lowest BCUT2D eigenvalue weighted by Gasteiger charge is -2.34. The minimum Gasteiger partial charge on any atom is -0.312 e. The largest absolute Gasteiger partial charge is 0.312 e. The van der Waals surface area contributed by atoms with Crippen LogP contribution in [-0.2, 0) is 0 Å². The van der Waals surface area contributed by atoms with E-state index < -0.39 is 0 Å². The van der Waals surface area contributed by atoms with E-state index in [1.807, 2.05) is 0 Å². The highest BCUT2D eigenvalue weighted by molar-refractivity contribution is 4.82. The third kappa shape index (κ3) is 6.91. The second-order valence-corrected chi connectivity index (χ2v) is 5.63. The Morgan fingerprint density at radius 2 is 1.73 bits per heavy atom. The zero-order valence-corrected chi connectivity index (χ0v) is 11.6. The Morgan fingerprint density at radius 3 is 2.13 bits per heavy atom. The van der Waals surface area contributed by atoms with Gasteiger partial charge >= 0.3 is 0 Å². The van der Waals surface area contributed by atoms with Gasteiger partial charge in [0.05, 0.1) is 0 Å². The van der Waals surface area contributed by atoms with Gasteiger partial charge < -0.3 is 10.2 Å². The maximum absolute atomic E-state index is 3.66. The van der Waals surface area contributed by atoms with Crippen LogP contribution in [0.3, 0.4) is 0 Å². The second-order valence-electron chi connectivity index (χ2n) is 5.63. The molecule has 0 spiro atoms. The first-order chi connectivity index (χ1) is 6.91. The van der Waals surface area contributed by atoms with E-state index in [2.05, 4.69) is 51.9 Å². The molecule has 0 bridgehead atoms. The summed E-state index contributed by atoms with van der Waals surface area (Å²) in [4.78, 5) is 2.43. The van der Waals surface area contributed by atoms with E-state index in [0.29, 0.717) is 11.5 Å². The number of hydrogen-bond donors (Lipinski definition) is 1. The van der Waals surface area contributed by atoms with Gasteiger partial charge in [-0.3, -0.25) is 0 Å². The van der Waals surface area contributed by atoms with Gasteiger partial charge in [-0.25, -0.2) is 0 Å². The lowest BCUT2D eigenvalue weighted by atomic mass is 9.86. The van der Waals surface area contributed by atoms with Crippen molar-refractivity contribution in [1.82, 2.24) is 10.2 Å². The monoisotopic (exact) mass is 214 g/mol. The molecule has 1 atom stereocenters. The molecule has 2 nitrogen and oxygen atoms in total. The maximum Gasteiger partial charge on any atom is 0.0243 e. The first-order valence-electron chi connectivity index (χ1n) is 6.33. The van der Waals surface area contributed by atoms with E-state index in [9.17, 15) is 0 Å². The van der Waals surface area contributed by atoms with Crippen LogP contribution in [0.4, 0.5) is 0 Å². The Labute approximate surface area is 96.4 Å². The molecule has 0 aromatic carbocycles. The quantitative estimate of drug-likeness (QED) is 0.701. The Bertz CT molecular complexity index is 149. The van der Waals surface area contributed by atoms with Crippen molar-refractivity contribution in [1.29, 1.82) is 0 Å². The summed E-state index contributed by atoms with van der Waals surface area (Å²) in [6, 6.07) is 0.592. The van der Waals surface area contributed by atoms with Gasteiger partial charge in [-0.2, -0.15) is 0 Å². The molecule has 0 radical (unpaired) electrons. The van der Waals surface area contributed by atoms with Crippen molar-refractivity contribution in [3.63, 3.8) is 0 Å². The van der Waals surface area contributed by atoms with Crippen LogP contribution in [0.25, 0.3) is 0 Å².